The van der Waals surface area contributed by atoms with Crippen molar-refractivity contribution in [3.63, 3.8) is 0 Å². The molecule has 33 heavy (non-hydrogen) atoms. The highest BCUT2D eigenvalue weighted by Gasteiger charge is 2.33. The summed E-state index contributed by atoms with van der Waals surface area (Å²) in [6, 6.07) is 15.6. The van der Waals surface area contributed by atoms with E-state index in [0.29, 0.717) is 27.8 Å². The lowest BCUT2D eigenvalue weighted by atomic mass is 9.99. The molecule has 7 nitrogen and oxygen atoms in total. The number of fused-ring (bicyclic) bond motifs is 1. The molecular weight excluding hydrogens is 437 g/mol. The highest BCUT2D eigenvalue weighted by atomic mass is 19.4. The number of alkyl halides is 3. The zero-order valence-corrected chi connectivity index (χ0v) is 16.9. The molecular formula is C23H17F3N4O3. The lowest BCUT2D eigenvalue weighted by Crippen LogP contribution is -2.29. The molecule has 0 atom stereocenters. The van der Waals surface area contributed by atoms with E-state index in [9.17, 15) is 22.8 Å². The predicted molar refractivity (Wildman–Crippen MR) is 115 cm³/mol. The molecule has 0 spiro atoms. The van der Waals surface area contributed by atoms with Crippen LogP contribution >= 0.6 is 0 Å². The average molecular weight is 454 g/mol. The van der Waals surface area contributed by atoms with Crippen LogP contribution in [-0.2, 0) is 12.7 Å². The molecule has 0 saturated heterocycles. The maximum absolute atomic E-state index is 13.2. The molecule has 3 amide bonds. The van der Waals surface area contributed by atoms with Gasteiger partial charge in [0.15, 0.2) is 5.58 Å². The Labute approximate surface area is 185 Å². The minimum atomic E-state index is -4.61. The maximum Gasteiger partial charge on any atom is 0.418 e. The molecule has 0 bridgehead atoms. The van der Waals surface area contributed by atoms with E-state index in [2.05, 4.69) is 15.8 Å². The van der Waals surface area contributed by atoms with Crippen LogP contribution in [0.3, 0.4) is 0 Å². The molecule has 0 saturated carbocycles. The zero-order chi connectivity index (χ0) is 23.6. The van der Waals surface area contributed by atoms with E-state index < -0.39 is 23.7 Å². The molecule has 1 heterocycles. The largest absolute Gasteiger partial charge is 0.418 e. The van der Waals surface area contributed by atoms with E-state index in [0.717, 1.165) is 6.07 Å². The van der Waals surface area contributed by atoms with Crippen LogP contribution in [-0.4, -0.2) is 17.1 Å². The van der Waals surface area contributed by atoms with Crippen molar-refractivity contribution in [1.29, 1.82) is 0 Å². The fourth-order valence-corrected chi connectivity index (χ4v) is 3.47. The number of nitrogens with one attached hydrogen (secondary N) is 2. The number of para-hydroxylation sites is 1. The Balaban J connectivity index is 1.59. The van der Waals surface area contributed by atoms with Crippen molar-refractivity contribution in [2.24, 2.45) is 5.73 Å². The van der Waals surface area contributed by atoms with E-state index in [-0.39, 0.29) is 17.8 Å². The number of hydrogen-bond acceptors (Lipinski definition) is 4. The Bertz CT molecular complexity index is 1350. The van der Waals surface area contributed by atoms with Crippen molar-refractivity contribution in [3.05, 3.63) is 83.4 Å². The summed E-state index contributed by atoms with van der Waals surface area (Å²) < 4.78 is 44.8. The molecule has 0 unspecified atom stereocenters. The third-order valence-electron chi connectivity index (χ3n) is 4.96. The number of halogens is 3. The third-order valence-corrected chi connectivity index (χ3v) is 4.96. The minimum Gasteiger partial charge on any atom is -0.366 e. The molecule has 4 rings (SSSR count). The second-order valence-electron chi connectivity index (χ2n) is 7.08. The number of nitrogens with two attached hydrogens (primary N) is 1. The number of benzene rings is 3. The summed E-state index contributed by atoms with van der Waals surface area (Å²) in [6.45, 7) is -0.0245. The summed E-state index contributed by atoms with van der Waals surface area (Å²) in [4.78, 5) is 24.2. The first-order valence-corrected chi connectivity index (χ1v) is 9.73. The van der Waals surface area contributed by atoms with Crippen LogP contribution in [0.1, 0.15) is 21.5 Å². The van der Waals surface area contributed by atoms with Crippen molar-refractivity contribution < 1.29 is 27.3 Å². The Kier molecular flexibility index (Phi) is 5.74. The number of urea groups is 1. The summed E-state index contributed by atoms with van der Waals surface area (Å²) in [5, 5.41) is 9.27. The van der Waals surface area contributed by atoms with Gasteiger partial charge in [-0.2, -0.15) is 13.2 Å². The van der Waals surface area contributed by atoms with Crippen LogP contribution in [0.2, 0.25) is 0 Å². The Morgan fingerprint density at radius 1 is 0.970 bits per heavy atom. The number of rotatable bonds is 5. The van der Waals surface area contributed by atoms with Gasteiger partial charge < -0.3 is 20.9 Å². The van der Waals surface area contributed by atoms with Gasteiger partial charge in [-0.15, -0.1) is 0 Å². The molecule has 4 aromatic rings. The van der Waals surface area contributed by atoms with Gasteiger partial charge in [-0.1, -0.05) is 47.6 Å². The Morgan fingerprint density at radius 2 is 1.70 bits per heavy atom. The van der Waals surface area contributed by atoms with Crippen molar-refractivity contribution >= 4 is 28.6 Å². The van der Waals surface area contributed by atoms with Crippen LogP contribution < -0.4 is 16.4 Å². The predicted octanol–water partition coefficient (Wildman–Crippen LogP) is 4.93. The second kappa shape index (κ2) is 8.65. The smallest absolute Gasteiger partial charge is 0.366 e. The molecule has 0 fully saturated rings. The van der Waals surface area contributed by atoms with Gasteiger partial charge in [0.1, 0.15) is 5.69 Å². The van der Waals surface area contributed by atoms with E-state index in [1.807, 2.05) is 0 Å². The van der Waals surface area contributed by atoms with Gasteiger partial charge in [-0.05, 0) is 29.8 Å². The number of primary amides is 1. The SMILES string of the molecule is NC(=O)c1cccc2onc(-c3ccccc3CNC(=O)Nc3ccccc3C(F)(F)F)c12. The fraction of sp³-hybridized carbons (Fsp3) is 0.0870. The summed E-state index contributed by atoms with van der Waals surface area (Å²) in [6.07, 6.45) is -4.61. The quantitative estimate of drug-likeness (QED) is 0.397. The first-order valence-electron chi connectivity index (χ1n) is 9.73. The monoisotopic (exact) mass is 454 g/mol. The van der Waals surface area contributed by atoms with E-state index in [1.54, 1.807) is 42.5 Å². The van der Waals surface area contributed by atoms with Gasteiger partial charge in [0.05, 0.1) is 22.2 Å². The second-order valence-corrected chi connectivity index (χ2v) is 7.08. The molecule has 1 aromatic heterocycles. The highest BCUT2D eigenvalue weighted by molar-refractivity contribution is 6.10. The minimum absolute atomic E-state index is 0.0245. The lowest BCUT2D eigenvalue weighted by Gasteiger charge is -2.14. The van der Waals surface area contributed by atoms with Gasteiger partial charge in [0, 0.05) is 12.1 Å². The van der Waals surface area contributed by atoms with E-state index in [1.165, 1.54) is 18.2 Å². The molecule has 3 aromatic carbocycles. The van der Waals surface area contributed by atoms with Gasteiger partial charge in [0.25, 0.3) is 0 Å². The number of anilines is 1. The van der Waals surface area contributed by atoms with Gasteiger partial charge in [0.2, 0.25) is 5.91 Å². The number of carbonyl (C=O) groups is 2. The Hall–Kier alpha value is -4.34. The van der Waals surface area contributed by atoms with Crippen molar-refractivity contribution in [1.82, 2.24) is 10.5 Å². The van der Waals surface area contributed by atoms with Crippen molar-refractivity contribution in [3.8, 4) is 11.3 Å². The standard InChI is InChI=1S/C23H17F3N4O3/c24-23(25,26)16-9-3-4-10-17(16)29-22(32)28-12-13-6-1-2-7-14(13)20-19-15(21(27)31)8-5-11-18(19)33-30-20/h1-11H,12H2,(H2,27,31)(H2,28,29,32). The molecule has 0 radical (unpaired) electrons. The fourth-order valence-electron chi connectivity index (χ4n) is 3.47. The average Bonchev–Trinajstić information content (AvgIpc) is 3.21. The lowest BCUT2D eigenvalue weighted by molar-refractivity contribution is -0.136. The van der Waals surface area contributed by atoms with Gasteiger partial charge >= 0.3 is 12.2 Å². The number of aromatic nitrogens is 1. The third kappa shape index (κ3) is 4.49. The van der Waals surface area contributed by atoms with Crippen LogP contribution in [0.15, 0.2) is 71.3 Å². The summed E-state index contributed by atoms with van der Waals surface area (Å²) in [7, 11) is 0. The highest BCUT2D eigenvalue weighted by Crippen LogP contribution is 2.35. The molecule has 168 valence electrons. The number of amides is 3. The number of nitrogens with zero attached hydrogens (tertiary/aromatic N) is 1. The van der Waals surface area contributed by atoms with Gasteiger partial charge in [-0.3, -0.25) is 4.79 Å². The zero-order valence-electron chi connectivity index (χ0n) is 16.9. The Morgan fingerprint density at radius 3 is 2.45 bits per heavy atom. The van der Waals surface area contributed by atoms with Crippen LogP contribution in [0.4, 0.5) is 23.7 Å². The molecule has 0 aliphatic heterocycles. The summed E-state index contributed by atoms with van der Waals surface area (Å²) >= 11 is 0. The number of hydrogen-bond donors (Lipinski definition) is 3. The molecule has 10 heteroatoms. The molecule has 4 N–H and O–H groups in total. The van der Waals surface area contributed by atoms with E-state index >= 15 is 0 Å². The normalized spacial score (nSPS) is 11.4. The van der Waals surface area contributed by atoms with Crippen LogP contribution in [0, 0.1) is 0 Å². The summed E-state index contributed by atoms with van der Waals surface area (Å²) in [5.41, 5.74) is 6.31. The van der Waals surface area contributed by atoms with Crippen molar-refractivity contribution in [2.45, 2.75) is 12.7 Å². The van der Waals surface area contributed by atoms with E-state index in [4.69, 9.17) is 10.3 Å². The first-order chi connectivity index (χ1) is 15.8. The summed E-state index contributed by atoms with van der Waals surface area (Å²) in [5.74, 6) is -0.650. The molecule has 0 aliphatic rings. The number of carbonyl (C=O) groups excluding carboxylic acids is 2. The maximum atomic E-state index is 13.2. The first kappa shape index (κ1) is 21.9. The van der Waals surface area contributed by atoms with Gasteiger partial charge in [-0.25, -0.2) is 4.79 Å². The van der Waals surface area contributed by atoms with Crippen LogP contribution in [0.25, 0.3) is 22.2 Å². The van der Waals surface area contributed by atoms with Crippen molar-refractivity contribution in [2.75, 3.05) is 5.32 Å². The molecule has 0 aliphatic carbocycles. The topological polar surface area (TPSA) is 110 Å². The van der Waals surface area contributed by atoms with Crippen LogP contribution in [0.5, 0.6) is 0 Å².